The molecule has 0 aliphatic carbocycles. The molecule has 156 valence electrons. The van der Waals surface area contributed by atoms with Crippen LogP contribution in [-0.2, 0) is 20.1 Å². The van der Waals surface area contributed by atoms with Gasteiger partial charge in [-0.05, 0) is 18.6 Å². The van der Waals surface area contributed by atoms with E-state index in [-0.39, 0.29) is 12.1 Å². The predicted octanol–water partition coefficient (Wildman–Crippen LogP) is 2.69. The van der Waals surface area contributed by atoms with Crippen LogP contribution in [0.5, 0.6) is 0 Å². The lowest BCUT2D eigenvalue weighted by Crippen LogP contribution is -2.39. The van der Waals surface area contributed by atoms with E-state index in [9.17, 15) is 14.0 Å². The third kappa shape index (κ3) is 2.99. The maximum atomic E-state index is 14.2. The number of aromatic nitrogens is 5. The Morgan fingerprint density at radius 1 is 0.935 bits per heavy atom. The zero-order valence-electron chi connectivity index (χ0n) is 17.1. The van der Waals surface area contributed by atoms with Crippen LogP contribution in [0.3, 0.4) is 0 Å². The predicted molar refractivity (Wildman–Crippen MR) is 116 cm³/mol. The van der Waals surface area contributed by atoms with Crippen molar-refractivity contribution in [1.29, 1.82) is 0 Å². The van der Waals surface area contributed by atoms with Crippen molar-refractivity contribution < 1.29 is 4.39 Å². The zero-order chi connectivity index (χ0) is 21.7. The van der Waals surface area contributed by atoms with E-state index in [1.54, 1.807) is 29.6 Å². The molecular formula is C23H20FN5O2. The molecule has 3 aromatic heterocycles. The monoisotopic (exact) mass is 417 g/mol. The Hall–Kier alpha value is -3.94. The van der Waals surface area contributed by atoms with Gasteiger partial charge in [-0.3, -0.25) is 18.3 Å². The molecule has 0 amide bonds. The van der Waals surface area contributed by atoms with Crippen LogP contribution in [0.4, 0.5) is 4.39 Å². The fraction of sp³-hybridized carbons (Fsp3) is 0.174. The van der Waals surface area contributed by atoms with Gasteiger partial charge in [-0.1, -0.05) is 48.5 Å². The second kappa shape index (κ2) is 7.09. The first kappa shape index (κ1) is 19.0. The summed E-state index contributed by atoms with van der Waals surface area (Å²) in [4.78, 5) is 30.9. The molecule has 0 unspecified atom stereocenters. The number of benzene rings is 2. The van der Waals surface area contributed by atoms with Crippen LogP contribution < -0.4 is 11.2 Å². The summed E-state index contributed by atoms with van der Waals surface area (Å²) in [5, 5.41) is 0. The van der Waals surface area contributed by atoms with Crippen molar-refractivity contribution in [2.75, 3.05) is 0 Å². The summed E-state index contributed by atoms with van der Waals surface area (Å²) in [5.41, 5.74) is 1.88. The summed E-state index contributed by atoms with van der Waals surface area (Å²) in [6, 6.07) is 16.1. The van der Waals surface area contributed by atoms with Crippen molar-refractivity contribution in [3.63, 3.8) is 0 Å². The molecule has 0 aliphatic heterocycles. The third-order valence-corrected chi connectivity index (χ3v) is 5.61. The maximum absolute atomic E-state index is 14.2. The van der Waals surface area contributed by atoms with E-state index in [1.165, 1.54) is 10.6 Å². The van der Waals surface area contributed by atoms with Crippen molar-refractivity contribution >= 4 is 16.9 Å². The first-order chi connectivity index (χ1) is 15.0. The van der Waals surface area contributed by atoms with Crippen LogP contribution in [0.2, 0.25) is 0 Å². The average molecular weight is 417 g/mol. The van der Waals surface area contributed by atoms with Gasteiger partial charge in [0.25, 0.3) is 5.56 Å². The molecule has 31 heavy (non-hydrogen) atoms. The summed E-state index contributed by atoms with van der Waals surface area (Å²) in [5.74, 6) is 0.118. The standard InChI is InChI=1S/C23H20FN5O2/c1-15-12-28-19-20(25-22(28)27(15)13-16-8-4-3-5-9-16)26(2)23(31)29(21(19)30)14-17-10-6-7-11-18(17)24/h3-12H,13-14H2,1-2H3. The van der Waals surface area contributed by atoms with Gasteiger partial charge in [0.05, 0.1) is 13.1 Å². The summed E-state index contributed by atoms with van der Waals surface area (Å²) >= 11 is 0. The van der Waals surface area contributed by atoms with Gasteiger partial charge in [0.1, 0.15) is 5.82 Å². The highest BCUT2D eigenvalue weighted by Crippen LogP contribution is 2.18. The van der Waals surface area contributed by atoms with Crippen LogP contribution in [-0.4, -0.2) is 23.1 Å². The van der Waals surface area contributed by atoms with E-state index in [1.807, 2.05) is 48.0 Å². The molecule has 0 spiro atoms. The molecule has 0 fully saturated rings. The maximum Gasteiger partial charge on any atom is 0.332 e. The molecule has 0 atom stereocenters. The van der Waals surface area contributed by atoms with Crippen molar-refractivity contribution in [3.05, 3.63) is 104 Å². The van der Waals surface area contributed by atoms with Gasteiger partial charge in [0.2, 0.25) is 5.78 Å². The molecule has 0 N–H and O–H groups in total. The largest absolute Gasteiger partial charge is 0.332 e. The Morgan fingerprint density at radius 2 is 1.65 bits per heavy atom. The second-order valence-corrected chi connectivity index (χ2v) is 7.62. The van der Waals surface area contributed by atoms with Gasteiger partial charge in [-0.15, -0.1) is 0 Å². The van der Waals surface area contributed by atoms with Crippen molar-refractivity contribution in [2.45, 2.75) is 20.0 Å². The Morgan fingerprint density at radius 3 is 2.39 bits per heavy atom. The molecule has 0 bridgehead atoms. The molecular weight excluding hydrogens is 397 g/mol. The van der Waals surface area contributed by atoms with Crippen LogP contribution >= 0.6 is 0 Å². The fourth-order valence-electron chi connectivity index (χ4n) is 3.95. The van der Waals surface area contributed by atoms with Gasteiger partial charge in [-0.25, -0.2) is 9.18 Å². The van der Waals surface area contributed by atoms with Gasteiger partial charge in [0, 0.05) is 24.5 Å². The summed E-state index contributed by atoms with van der Waals surface area (Å²) in [7, 11) is 1.57. The SMILES string of the molecule is Cc1cn2c3c(=O)n(Cc4ccccc4F)c(=O)n(C)c3nc2n1Cc1ccccc1. The fourth-order valence-corrected chi connectivity index (χ4v) is 3.95. The van der Waals surface area contributed by atoms with Gasteiger partial charge in [-0.2, -0.15) is 4.98 Å². The number of nitrogens with zero attached hydrogens (tertiary/aromatic N) is 5. The van der Waals surface area contributed by atoms with E-state index in [2.05, 4.69) is 4.98 Å². The highest BCUT2D eigenvalue weighted by molar-refractivity contribution is 5.75. The number of halogens is 1. The number of hydrogen-bond acceptors (Lipinski definition) is 3. The summed E-state index contributed by atoms with van der Waals surface area (Å²) in [6.45, 7) is 2.39. The third-order valence-electron chi connectivity index (χ3n) is 5.61. The van der Waals surface area contributed by atoms with Crippen LogP contribution in [0.1, 0.15) is 16.8 Å². The van der Waals surface area contributed by atoms with E-state index in [4.69, 9.17) is 0 Å². The highest BCUT2D eigenvalue weighted by Gasteiger charge is 2.20. The normalized spacial score (nSPS) is 11.6. The molecule has 0 aliphatic rings. The molecule has 7 nitrogen and oxygen atoms in total. The molecule has 0 saturated heterocycles. The van der Waals surface area contributed by atoms with E-state index in [0.717, 1.165) is 15.8 Å². The Bertz CT molecular complexity index is 1560. The molecule has 0 radical (unpaired) electrons. The zero-order valence-corrected chi connectivity index (χ0v) is 17.1. The number of hydrogen-bond donors (Lipinski definition) is 0. The van der Waals surface area contributed by atoms with E-state index < -0.39 is 17.1 Å². The molecule has 2 aromatic carbocycles. The molecule has 5 aromatic rings. The molecule has 5 rings (SSSR count). The van der Waals surface area contributed by atoms with Crippen molar-refractivity contribution in [3.8, 4) is 0 Å². The number of aryl methyl sites for hydroxylation is 2. The smallest absolute Gasteiger partial charge is 0.310 e. The highest BCUT2D eigenvalue weighted by atomic mass is 19.1. The number of imidazole rings is 2. The minimum Gasteiger partial charge on any atom is -0.310 e. The summed E-state index contributed by atoms with van der Waals surface area (Å²) in [6.07, 6.45) is 1.84. The molecule has 3 heterocycles. The average Bonchev–Trinajstić information content (AvgIpc) is 3.28. The lowest BCUT2D eigenvalue weighted by Gasteiger charge is -2.09. The molecule has 0 saturated carbocycles. The van der Waals surface area contributed by atoms with E-state index >= 15 is 0 Å². The second-order valence-electron chi connectivity index (χ2n) is 7.62. The van der Waals surface area contributed by atoms with Crippen molar-refractivity contribution in [1.82, 2.24) is 23.1 Å². The first-order valence-electron chi connectivity index (χ1n) is 9.90. The van der Waals surface area contributed by atoms with Gasteiger partial charge >= 0.3 is 5.69 Å². The molecule has 8 heteroatoms. The Kier molecular flexibility index (Phi) is 4.35. The van der Waals surface area contributed by atoms with Crippen LogP contribution in [0.25, 0.3) is 16.9 Å². The minimum absolute atomic E-state index is 0.148. The number of rotatable bonds is 4. The number of fused-ring (bicyclic) bond motifs is 3. The van der Waals surface area contributed by atoms with Crippen LogP contribution in [0.15, 0.2) is 70.4 Å². The first-order valence-corrected chi connectivity index (χ1v) is 9.90. The van der Waals surface area contributed by atoms with E-state index in [0.29, 0.717) is 23.5 Å². The van der Waals surface area contributed by atoms with Gasteiger partial charge < -0.3 is 4.57 Å². The lowest BCUT2D eigenvalue weighted by atomic mass is 10.2. The van der Waals surface area contributed by atoms with Crippen molar-refractivity contribution in [2.24, 2.45) is 7.05 Å². The quantitative estimate of drug-likeness (QED) is 0.452. The van der Waals surface area contributed by atoms with Crippen LogP contribution in [0, 0.1) is 12.7 Å². The Balaban J connectivity index is 1.73. The minimum atomic E-state index is -0.534. The van der Waals surface area contributed by atoms with Gasteiger partial charge in [0.15, 0.2) is 11.2 Å². The summed E-state index contributed by atoms with van der Waals surface area (Å²) < 4.78 is 20.3. The lowest BCUT2D eigenvalue weighted by molar-refractivity contribution is 0.582. The Labute approximate surface area is 176 Å². The topological polar surface area (TPSA) is 66.2 Å².